The maximum atomic E-state index is 12.9. The lowest BCUT2D eigenvalue weighted by atomic mass is 9.99. The van der Waals surface area contributed by atoms with Crippen molar-refractivity contribution in [3.63, 3.8) is 0 Å². The van der Waals surface area contributed by atoms with Crippen LogP contribution >= 0.6 is 0 Å². The highest BCUT2D eigenvalue weighted by Crippen LogP contribution is 2.26. The Morgan fingerprint density at radius 3 is 2.16 bits per heavy atom. The minimum Gasteiger partial charge on any atom is -0.329 e. The molecule has 0 amide bonds. The van der Waals surface area contributed by atoms with Crippen molar-refractivity contribution in [1.29, 1.82) is 0 Å². The van der Waals surface area contributed by atoms with E-state index in [1.54, 1.807) is 6.92 Å². The molecule has 108 valence electrons. The van der Waals surface area contributed by atoms with Crippen molar-refractivity contribution >= 4 is 10.0 Å². The molecule has 4 nitrogen and oxygen atoms in total. The summed E-state index contributed by atoms with van der Waals surface area (Å²) in [5.41, 5.74) is 5.09. The Balaban J connectivity index is 3.27. The monoisotopic (exact) mass is 288 g/mol. The summed E-state index contributed by atoms with van der Waals surface area (Å²) >= 11 is 0. The Morgan fingerprint density at radius 2 is 1.79 bits per heavy atom. The highest BCUT2D eigenvalue weighted by molar-refractivity contribution is 7.89. The summed E-state index contributed by atoms with van der Waals surface area (Å²) in [6, 6.07) is 4.85. The van der Waals surface area contributed by atoms with Gasteiger partial charge in [0.1, 0.15) is 5.82 Å². The highest BCUT2D eigenvalue weighted by Gasteiger charge is 2.37. The zero-order valence-electron chi connectivity index (χ0n) is 11.6. The fourth-order valence-electron chi connectivity index (χ4n) is 2.00. The summed E-state index contributed by atoms with van der Waals surface area (Å²) in [5.74, 6) is -0.459. The van der Waals surface area contributed by atoms with E-state index >= 15 is 0 Å². The maximum absolute atomic E-state index is 12.9. The first kappa shape index (κ1) is 16.1. The van der Waals surface area contributed by atoms with Crippen LogP contribution in [0.5, 0.6) is 0 Å². The molecule has 0 fully saturated rings. The number of sulfonamides is 1. The van der Waals surface area contributed by atoms with Crippen LogP contribution in [0.2, 0.25) is 0 Å². The van der Waals surface area contributed by atoms with Crippen LogP contribution in [-0.2, 0) is 10.0 Å². The largest absolute Gasteiger partial charge is 0.329 e. The summed E-state index contributed by atoms with van der Waals surface area (Å²) in [5, 5.41) is 0. The third-order valence-electron chi connectivity index (χ3n) is 3.49. The van der Waals surface area contributed by atoms with Crippen LogP contribution in [0.3, 0.4) is 0 Å². The molecule has 1 atom stereocenters. The average Bonchev–Trinajstić information content (AvgIpc) is 2.39. The van der Waals surface area contributed by atoms with Gasteiger partial charge in [-0.1, -0.05) is 13.8 Å². The second-order valence-electron chi connectivity index (χ2n) is 4.68. The van der Waals surface area contributed by atoms with Crippen LogP contribution in [0, 0.1) is 5.82 Å². The molecule has 0 aliphatic rings. The van der Waals surface area contributed by atoms with Gasteiger partial charge in [-0.25, -0.2) is 12.8 Å². The average molecular weight is 288 g/mol. The molecule has 0 spiro atoms. The topological polar surface area (TPSA) is 63.4 Å². The van der Waals surface area contributed by atoms with Gasteiger partial charge in [0.05, 0.1) is 4.90 Å². The third kappa shape index (κ3) is 3.13. The molecule has 1 aromatic rings. The number of rotatable bonds is 6. The number of hydrogen-bond acceptors (Lipinski definition) is 3. The SMILES string of the molecule is CCN(C(C)(CC)CN)S(=O)(=O)c1ccc(F)cc1. The number of benzene rings is 1. The summed E-state index contributed by atoms with van der Waals surface area (Å²) in [6.07, 6.45) is 0.609. The number of halogens is 1. The zero-order chi connectivity index (χ0) is 14.7. The molecule has 0 radical (unpaired) electrons. The standard InChI is InChI=1S/C13H21FN2O2S/c1-4-13(3,10-15)16(5-2)19(17,18)12-8-6-11(14)7-9-12/h6-9H,4-5,10,15H2,1-3H3. The predicted molar refractivity (Wildman–Crippen MR) is 73.7 cm³/mol. The minimum absolute atomic E-state index is 0.0869. The maximum Gasteiger partial charge on any atom is 0.243 e. The van der Waals surface area contributed by atoms with Crippen molar-refractivity contribution in [3.05, 3.63) is 30.1 Å². The van der Waals surface area contributed by atoms with Crippen molar-refractivity contribution in [2.75, 3.05) is 13.1 Å². The molecule has 1 aromatic carbocycles. The van der Waals surface area contributed by atoms with E-state index in [-0.39, 0.29) is 11.4 Å². The lowest BCUT2D eigenvalue weighted by Crippen LogP contribution is -2.53. The van der Waals surface area contributed by atoms with Gasteiger partial charge in [-0.15, -0.1) is 0 Å². The van der Waals surface area contributed by atoms with Gasteiger partial charge in [-0.2, -0.15) is 4.31 Å². The molecule has 6 heteroatoms. The third-order valence-corrected chi connectivity index (χ3v) is 5.64. The van der Waals surface area contributed by atoms with Crippen LogP contribution in [0.25, 0.3) is 0 Å². The van der Waals surface area contributed by atoms with E-state index in [0.717, 1.165) is 12.1 Å². The van der Waals surface area contributed by atoms with Crippen LogP contribution < -0.4 is 5.73 Å². The van der Waals surface area contributed by atoms with Crippen LogP contribution in [0.4, 0.5) is 4.39 Å². The first-order chi connectivity index (χ1) is 8.81. The second-order valence-corrected chi connectivity index (χ2v) is 6.54. The molecule has 0 saturated carbocycles. The van der Waals surface area contributed by atoms with Gasteiger partial charge in [-0.3, -0.25) is 0 Å². The summed E-state index contributed by atoms with van der Waals surface area (Å²) < 4.78 is 39.5. The van der Waals surface area contributed by atoms with Gasteiger partial charge in [0.2, 0.25) is 10.0 Å². The number of nitrogens with two attached hydrogens (primary N) is 1. The van der Waals surface area contributed by atoms with E-state index in [0.29, 0.717) is 13.0 Å². The fraction of sp³-hybridized carbons (Fsp3) is 0.538. The molecule has 0 aliphatic heterocycles. The van der Waals surface area contributed by atoms with Gasteiger partial charge in [-0.05, 0) is 37.6 Å². The van der Waals surface area contributed by atoms with E-state index in [2.05, 4.69) is 0 Å². The van der Waals surface area contributed by atoms with E-state index in [1.165, 1.54) is 16.4 Å². The molecule has 1 unspecified atom stereocenters. The fourth-order valence-corrected chi connectivity index (χ4v) is 3.86. The summed E-state index contributed by atoms with van der Waals surface area (Å²) in [6.45, 7) is 6.04. The van der Waals surface area contributed by atoms with Crippen LogP contribution in [0.15, 0.2) is 29.2 Å². The van der Waals surface area contributed by atoms with Crippen molar-refractivity contribution in [3.8, 4) is 0 Å². The smallest absolute Gasteiger partial charge is 0.243 e. The highest BCUT2D eigenvalue weighted by atomic mass is 32.2. The molecular weight excluding hydrogens is 267 g/mol. The lowest BCUT2D eigenvalue weighted by molar-refractivity contribution is 0.214. The van der Waals surface area contributed by atoms with Gasteiger partial charge in [0.25, 0.3) is 0 Å². The Bertz CT molecular complexity index is 510. The molecule has 19 heavy (non-hydrogen) atoms. The molecule has 0 aromatic heterocycles. The Morgan fingerprint density at radius 1 is 1.26 bits per heavy atom. The first-order valence-corrected chi connectivity index (χ1v) is 7.74. The molecule has 0 bridgehead atoms. The summed E-state index contributed by atoms with van der Waals surface area (Å²) in [4.78, 5) is 0.0869. The molecule has 0 saturated heterocycles. The summed E-state index contributed by atoms with van der Waals surface area (Å²) in [7, 11) is -3.66. The van der Waals surface area contributed by atoms with E-state index in [4.69, 9.17) is 5.73 Å². The van der Waals surface area contributed by atoms with Gasteiger partial charge < -0.3 is 5.73 Å². The van der Waals surface area contributed by atoms with Crippen LogP contribution in [-0.4, -0.2) is 31.4 Å². The molecule has 2 N–H and O–H groups in total. The number of likely N-dealkylation sites (N-methyl/N-ethyl adjacent to an activating group) is 1. The lowest BCUT2D eigenvalue weighted by Gasteiger charge is -2.38. The number of hydrogen-bond donors (Lipinski definition) is 1. The van der Waals surface area contributed by atoms with E-state index in [1.807, 2.05) is 13.8 Å². The first-order valence-electron chi connectivity index (χ1n) is 6.30. The quantitative estimate of drug-likeness (QED) is 0.870. The normalized spacial score (nSPS) is 15.5. The van der Waals surface area contributed by atoms with Crippen molar-refractivity contribution in [2.45, 2.75) is 37.6 Å². The number of nitrogens with zero attached hydrogens (tertiary/aromatic N) is 1. The minimum atomic E-state index is -3.66. The van der Waals surface area contributed by atoms with E-state index < -0.39 is 21.4 Å². The molecule has 0 aliphatic carbocycles. The molecule has 0 heterocycles. The van der Waals surface area contributed by atoms with Gasteiger partial charge in [0.15, 0.2) is 0 Å². The van der Waals surface area contributed by atoms with Crippen molar-refractivity contribution in [1.82, 2.24) is 4.31 Å². The van der Waals surface area contributed by atoms with Gasteiger partial charge in [0, 0.05) is 18.6 Å². The van der Waals surface area contributed by atoms with Gasteiger partial charge >= 0.3 is 0 Å². The van der Waals surface area contributed by atoms with Crippen molar-refractivity contribution < 1.29 is 12.8 Å². The van der Waals surface area contributed by atoms with E-state index in [9.17, 15) is 12.8 Å². The second kappa shape index (κ2) is 5.98. The Labute approximate surface area is 114 Å². The predicted octanol–water partition coefficient (Wildman–Crippen LogP) is 1.96. The van der Waals surface area contributed by atoms with Crippen molar-refractivity contribution in [2.24, 2.45) is 5.73 Å². The molecule has 1 rings (SSSR count). The zero-order valence-corrected chi connectivity index (χ0v) is 12.4. The van der Waals surface area contributed by atoms with Crippen LogP contribution in [0.1, 0.15) is 27.2 Å². The Kier molecular flexibility index (Phi) is 5.06. The Hall–Kier alpha value is -0.980. The molecular formula is C13H21FN2O2S.